The number of hydrogen-bond acceptors (Lipinski definition) is 4. The third-order valence-corrected chi connectivity index (χ3v) is 4.60. The molecule has 27 heavy (non-hydrogen) atoms. The predicted molar refractivity (Wildman–Crippen MR) is 98.6 cm³/mol. The zero-order valence-electron chi connectivity index (χ0n) is 15.2. The van der Waals surface area contributed by atoms with Gasteiger partial charge in [-0.1, -0.05) is 12.1 Å². The maximum Gasteiger partial charge on any atom is 0.313 e. The second-order valence-electron chi connectivity index (χ2n) is 6.35. The molecule has 1 atom stereocenters. The summed E-state index contributed by atoms with van der Waals surface area (Å²) in [6, 6.07) is 9.57. The Labute approximate surface area is 157 Å². The SMILES string of the molecule is Cn1cccc1[C@@H](CNC(=O)C(=O)Nc1ccccc1F)N1CCOCC1. The van der Waals surface area contributed by atoms with Gasteiger partial charge in [-0.05, 0) is 24.3 Å². The number of anilines is 1. The van der Waals surface area contributed by atoms with Crippen molar-refractivity contribution in [3.05, 3.63) is 54.1 Å². The summed E-state index contributed by atoms with van der Waals surface area (Å²) in [6.45, 7) is 3.01. The number of nitrogens with one attached hydrogen (secondary N) is 2. The Kier molecular flexibility index (Phi) is 6.20. The lowest BCUT2D eigenvalue weighted by Gasteiger charge is -2.34. The molecule has 2 aromatic rings. The number of ether oxygens (including phenoxy) is 1. The highest BCUT2D eigenvalue weighted by molar-refractivity contribution is 6.39. The van der Waals surface area contributed by atoms with Gasteiger partial charge < -0.3 is 19.9 Å². The Balaban J connectivity index is 1.64. The number of morpholine rings is 1. The largest absolute Gasteiger partial charge is 0.379 e. The molecule has 2 N–H and O–H groups in total. The monoisotopic (exact) mass is 374 g/mol. The Morgan fingerprint density at radius 2 is 1.89 bits per heavy atom. The van der Waals surface area contributed by atoms with Crippen molar-refractivity contribution in [2.24, 2.45) is 7.05 Å². The van der Waals surface area contributed by atoms with Gasteiger partial charge in [0.25, 0.3) is 0 Å². The lowest BCUT2D eigenvalue weighted by atomic mass is 10.1. The fraction of sp³-hybridized carbons (Fsp3) is 0.368. The van der Waals surface area contributed by atoms with E-state index < -0.39 is 17.6 Å². The fourth-order valence-electron chi connectivity index (χ4n) is 3.14. The van der Waals surface area contributed by atoms with E-state index >= 15 is 0 Å². The zero-order valence-corrected chi connectivity index (χ0v) is 15.2. The lowest BCUT2D eigenvalue weighted by molar-refractivity contribution is -0.136. The summed E-state index contributed by atoms with van der Waals surface area (Å²) in [5, 5.41) is 4.96. The lowest BCUT2D eigenvalue weighted by Crippen LogP contribution is -2.46. The van der Waals surface area contributed by atoms with Crippen molar-refractivity contribution in [1.29, 1.82) is 0 Å². The minimum absolute atomic E-state index is 0.0233. The molecule has 1 aliphatic heterocycles. The van der Waals surface area contributed by atoms with E-state index in [-0.39, 0.29) is 18.3 Å². The smallest absolute Gasteiger partial charge is 0.313 e. The second-order valence-corrected chi connectivity index (χ2v) is 6.35. The van der Waals surface area contributed by atoms with Crippen LogP contribution >= 0.6 is 0 Å². The van der Waals surface area contributed by atoms with Gasteiger partial charge in [-0.15, -0.1) is 0 Å². The molecule has 1 aromatic heterocycles. The topological polar surface area (TPSA) is 75.6 Å². The Hall–Kier alpha value is -2.71. The molecular weight excluding hydrogens is 351 g/mol. The number of rotatable bonds is 5. The van der Waals surface area contributed by atoms with Crippen molar-refractivity contribution in [2.75, 3.05) is 38.2 Å². The van der Waals surface area contributed by atoms with Gasteiger partial charge in [0.2, 0.25) is 0 Å². The third-order valence-electron chi connectivity index (χ3n) is 4.60. The van der Waals surface area contributed by atoms with E-state index in [4.69, 9.17) is 4.74 Å². The molecule has 144 valence electrons. The van der Waals surface area contributed by atoms with Gasteiger partial charge in [-0.2, -0.15) is 0 Å². The van der Waals surface area contributed by atoms with Crippen LogP contribution in [0.4, 0.5) is 10.1 Å². The number of amides is 2. The molecule has 2 heterocycles. The highest BCUT2D eigenvalue weighted by Gasteiger charge is 2.26. The summed E-state index contributed by atoms with van der Waals surface area (Å²) in [7, 11) is 1.94. The average Bonchev–Trinajstić information content (AvgIpc) is 3.10. The number of para-hydroxylation sites is 1. The minimum Gasteiger partial charge on any atom is -0.379 e. The molecule has 2 amide bonds. The van der Waals surface area contributed by atoms with Crippen LogP contribution in [-0.2, 0) is 21.4 Å². The molecule has 0 spiro atoms. The van der Waals surface area contributed by atoms with Crippen LogP contribution in [-0.4, -0.2) is 54.1 Å². The van der Waals surface area contributed by atoms with E-state index in [1.54, 1.807) is 6.07 Å². The van der Waals surface area contributed by atoms with E-state index in [0.717, 1.165) is 18.8 Å². The third kappa shape index (κ3) is 4.72. The first-order valence-corrected chi connectivity index (χ1v) is 8.83. The number of aryl methyl sites for hydroxylation is 1. The van der Waals surface area contributed by atoms with Crippen LogP contribution < -0.4 is 10.6 Å². The van der Waals surface area contributed by atoms with Crippen LogP contribution in [0, 0.1) is 5.82 Å². The van der Waals surface area contributed by atoms with Crippen LogP contribution in [0.3, 0.4) is 0 Å². The highest BCUT2D eigenvalue weighted by Crippen LogP contribution is 2.21. The number of nitrogens with zero attached hydrogens (tertiary/aromatic N) is 2. The van der Waals surface area contributed by atoms with E-state index in [0.29, 0.717) is 13.2 Å². The first kappa shape index (κ1) is 19.1. The molecular formula is C19H23FN4O3. The van der Waals surface area contributed by atoms with Gasteiger partial charge in [-0.25, -0.2) is 4.39 Å². The van der Waals surface area contributed by atoms with E-state index in [9.17, 15) is 14.0 Å². The highest BCUT2D eigenvalue weighted by atomic mass is 19.1. The van der Waals surface area contributed by atoms with Crippen molar-refractivity contribution in [3.63, 3.8) is 0 Å². The molecule has 3 rings (SSSR count). The van der Waals surface area contributed by atoms with E-state index in [1.807, 2.05) is 29.9 Å². The van der Waals surface area contributed by atoms with Gasteiger partial charge in [0.1, 0.15) is 5.82 Å². The maximum atomic E-state index is 13.6. The van der Waals surface area contributed by atoms with Gasteiger partial charge in [0.05, 0.1) is 24.9 Å². The summed E-state index contributed by atoms with van der Waals surface area (Å²) >= 11 is 0. The van der Waals surface area contributed by atoms with Crippen LogP contribution in [0.1, 0.15) is 11.7 Å². The molecule has 0 aliphatic carbocycles. The Morgan fingerprint density at radius 1 is 1.15 bits per heavy atom. The first-order chi connectivity index (χ1) is 13.1. The maximum absolute atomic E-state index is 13.6. The standard InChI is InChI=1S/C19H23FN4O3/c1-23-8-4-7-16(23)17(24-9-11-27-12-10-24)13-21-18(25)19(26)22-15-6-3-2-5-14(15)20/h2-8,17H,9-13H2,1H3,(H,21,25)(H,22,26)/t17-/m1/s1. The van der Waals surface area contributed by atoms with Crippen LogP contribution in [0.25, 0.3) is 0 Å². The molecule has 1 aliphatic rings. The van der Waals surface area contributed by atoms with Crippen molar-refractivity contribution in [1.82, 2.24) is 14.8 Å². The summed E-state index contributed by atoms with van der Waals surface area (Å²) in [6.07, 6.45) is 1.94. The molecule has 1 saturated heterocycles. The Bertz CT molecular complexity index is 802. The molecule has 8 heteroatoms. The number of benzene rings is 1. The second kappa shape index (κ2) is 8.79. The normalized spacial score (nSPS) is 15.9. The Morgan fingerprint density at radius 3 is 2.56 bits per heavy atom. The number of carbonyl (C=O) groups excluding carboxylic acids is 2. The van der Waals surface area contributed by atoms with Gasteiger partial charge in [-0.3, -0.25) is 14.5 Å². The van der Waals surface area contributed by atoms with Gasteiger partial charge in [0.15, 0.2) is 0 Å². The number of carbonyl (C=O) groups is 2. The fourth-order valence-corrected chi connectivity index (χ4v) is 3.14. The quantitative estimate of drug-likeness (QED) is 0.774. The van der Waals surface area contributed by atoms with E-state index in [1.165, 1.54) is 18.2 Å². The zero-order chi connectivity index (χ0) is 19.2. The summed E-state index contributed by atoms with van der Waals surface area (Å²) in [5.41, 5.74) is 1.01. The minimum atomic E-state index is -0.896. The van der Waals surface area contributed by atoms with Crippen molar-refractivity contribution in [2.45, 2.75) is 6.04 Å². The molecule has 7 nitrogen and oxygen atoms in total. The summed E-state index contributed by atoms with van der Waals surface area (Å²) in [4.78, 5) is 26.5. The molecule has 1 aromatic carbocycles. The molecule has 1 fully saturated rings. The van der Waals surface area contributed by atoms with Gasteiger partial charge >= 0.3 is 11.8 Å². The van der Waals surface area contributed by atoms with Crippen LogP contribution in [0.15, 0.2) is 42.6 Å². The number of halogens is 1. The van der Waals surface area contributed by atoms with Gasteiger partial charge in [0, 0.05) is 38.6 Å². The number of hydrogen-bond donors (Lipinski definition) is 2. The molecule has 0 bridgehead atoms. The van der Waals surface area contributed by atoms with Crippen molar-refractivity contribution < 1.29 is 18.7 Å². The molecule has 0 radical (unpaired) electrons. The van der Waals surface area contributed by atoms with Crippen LogP contribution in [0.2, 0.25) is 0 Å². The summed E-state index contributed by atoms with van der Waals surface area (Å²) < 4.78 is 21.0. The van der Waals surface area contributed by atoms with E-state index in [2.05, 4.69) is 15.5 Å². The van der Waals surface area contributed by atoms with Crippen LogP contribution in [0.5, 0.6) is 0 Å². The predicted octanol–water partition coefficient (Wildman–Crippen LogP) is 1.29. The first-order valence-electron chi connectivity index (χ1n) is 8.83. The molecule has 0 unspecified atom stereocenters. The number of aromatic nitrogens is 1. The van der Waals surface area contributed by atoms with Crippen molar-refractivity contribution in [3.8, 4) is 0 Å². The molecule has 0 saturated carbocycles. The summed E-state index contributed by atoms with van der Waals surface area (Å²) in [5.74, 6) is -2.29. The van der Waals surface area contributed by atoms with Crippen molar-refractivity contribution >= 4 is 17.5 Å². The average molecular weight is 374 g/mol.